The summed E-state index contributed by atoms with van der Waals surface area (Å²) in [7, 11) is -2.08. The molecule has 5 nitrogen and oxygen atoms in total. The van der Waals surface area contributed by atoms with Crippen molar-refractivity contribution in [3.63, 3.8) is 0 Å². The highest BCUT2D eigenvalue weighted by molar-refractivity contribution is 7.89. The number of hydrogen-bond acceptors (Lipinski definition) is 3. The van der Waals surface area contributed by atoms with Crippen LogP contribution in [-0.4, -0.2) is 25.7 Å². The number of sulfonamides is 1. The SMILES string of the molecule is Cc1ccc(C(C)(C)C)cc1S(=O)(=O)N(C)Cc1ccc(C(N)=O)cc1. The maximum Gasteiger partial charge on any atom is 0.248 e. The molecule has 2 N–H and O–H groups in total. The van der Waals surface area contributed by atoms with Gasteiger partial charge in [-0.1, -0.05) is 45.0 Å². The van der Waals surface area contributed by atoms with Gasteiger partial charge in [-0.15, -0.1) is 0 Å². The Bertz CT molecular complexity index is 911. The third kappa shape index (κ3) is 4.31. The van der Waals surface area contributed by atoms with Crippen molar-refractivity contribution in [3.05, 3.63) is 64.7 Å². The second-order valence-corrected chi connectivity index (χ2v) is 9.57. The Hall–Kier alpha value is -2.18. The fourth-order valence-electron chi connectivity index (χ4n) is 2.63. The van der Waals surface area contributed by atoms with E-state index in [2.05, 4.69) is 20.8 Å². The molecular formula is C20H26N2O3S. The molecule has 26 heavy (non-hydrogen) atoms. The van der Waals surface area contributed by atoms with E-state index >= 15 is 0 Å². The van der Waals surface area contributed by atoms with E-state index in [9.17, 15) is 13.2 Å². The Balaban J connectivity index is 2.33. The zero-order valence-electron chi connectivity index (χ0n) is 15.9. The number of amides is 1. The number of aryl methyl sites for hydroxylation is 1. The lowest BCUT2D eigenvalue weighted by molar-refractivity contribution is 0.1000. The molecule has 0 aliphatic rings. The highest BCUT2D eigenvalue weighted by Crippen LogP contribution is 2.28. The van der Waals surface area contributed by atoms with Crippen molar-refractivity contribution in [2.45, 2.75) is 44.6 Å². The lowest BCUT2D eigenvalue weighted by Gasteiger charge is -2.23. The Morgan fingerprint density at radius 2 is 1.65 bits per heavy atom. The summed E-state index contributed by atoms with van der Waals surface area (Å²) in [6.07, 6.45) is 0. The van der Waals surface area contributed by atoms with E-state index in [1.165, 1.54) is 4.31 Å². The van der Waals surface area contributed by atoms with Crippen molar-refractivity contribution in [1.29, 1.82) is 0 Å². The first-order valence-corrected chi connectivity index (χ1v) is 9.83. The van der Waals surface area contributed by atoms with E-state index in [-0.39, 0.29) is 12.0 Å². The molecule has 2 rings (SSSR count). The molecule has 1 amide bonds. The molecule has 0 aliphatic heterocycles. The topological polar surface area (TPSA) is 80.5 Å². The first-order valence-electron chi connectivity index (χ1n) is 8.39. The normalized spacial score (nSPS) is 12.4. The number of carbonyl (C=O) groups excluding carboxylic acids is 1. The molecule has 0 unspecified atom stereocenters. The van der Waals surface area contributed by atoms with Gasteiger partial charge in [0, 0.05) is 19.2 Å². The molecule has 0 saturated heterocycles. The predicted octanol–water partition coefficient (Wildman–Crippen LogP) is 3.21. The van der Waals surface area contributed by atoms with Gasteiger partial charge in [-0.2, -0.15) is 4.31 Å². The number of nitrogens with two attached hydrogens (primary N) is 1. The van der Waals surface area contributed by atoms with Gasteiger partial charge < -0.3 is 5.73 Å². The summed E-state index contributed by atoms with van der Waals surface area (Å²) in [5, 5.41) is 0. The van der Waals surface area contributed by atoms with Crippen LogP contribution < -0.4 is 5.73 Å². The maximum atomic E-state index is 13.1. The summed E-state index contributed by atoms with van der Waals surface area (Å²) < 4.78 is 27.4. The highest BCUT2D eigenvalue weighted by Gasteiger charge is 2.25. The summed E-state index contributed by atoms with van der Waals surface area (Å²) in [5.74, 6) is -0.507. The molecule has 0 saturated carbocycles. The Kier molecular flexibility index (Phi) is 5.58. The van der Waals surface area contributed by atoms with Crippen LogP contribution in [0.15, 0.2) is 47.4 Å². The Morgan fingerprint density at radius 1 is 1.08 bits per heavy atom. The fourth-order valence-corrected chi connectivity index (χ4v) is 4.03. The van der Waals surface area contributed by atoms with Gasteiger partial charge in [0.25, 0.3) is 0 Å². The summed E-state index contributed by atoms with van der Waals surface area (Å²) >= 11 is 0. The zero-order valence-corrected chi connectivity index (χ0v) is 16.7. The van der Waals surface area contributed by atoms with Gasteiger partial charge in [-0.25, -0.2) is 8.42 Å². The second kappa shape index (κ2) is 7.21. The quantitative estimate of drug-likeness (QED) is 0.872. The number of rotatable bonds is 5. The summed E-state index contributed by atoms with van der Waals surface area (Å²) in [5.41, 5.74) is 7.96. The van der Waals surface area contributed by atoms with E-state index in [1.54, 1.807) is 44.3 Å². The van der Waals surface area contributed by atoms with Crippen molar-refractivity contribution < 1.29 is 13.2 Å². The van der Waals surface area contributed by atoms with Gasteiger partial charge in [0.05, 0.1) is 4.90 Å². The van der Waals surface area contributed by atoms with Crippen molar-refractivity contribution in [1.82, 2.24) is 4.31 Å². The van der Waals surface area contributed by atoms with Gasteiger partial charge in [-0.3, -0.25) is 4.79 Å². The van der Waals surface area contributed by atoms with Gasteiger partial charge >= 0.3 is 0 Å². The van der Waals surface area contributed by atoms with E-state index in [0.29, 0.717) is 16.0 Å². The maximum absolute atomic E-state index is 13.1. The van der Waals surface area contributed by atoms with E-state index < -0.39 is 15.9 Å². The molecule has 140 valence electrons. The first-order chi connectivity index (χ1) is 11.9. The number of benzene rings is 2. The smallest absolute Gasteiger partial charge is 0.248 e. The van der Waals surface area contributed by atoms with E-state index in [0.717, 1.165) is 11.1 Å². The molecule has 0 atom stereocenters. The molecule has 2 aromatic carbocycles. The predicted molar refractivity (Wildman–Crippen MR) is 103 cm³/mol. The van der Waals surface area contributed by atoms with Crippen molar-refractivity contribution in [2.75, 3.05) is 7.05 Å². The third-order valence-corrected chi connectivity index (χ3v) is 6.33. The van der Waals surface area contributed by atoms with Crippen LogP contribution in [-0.2, 0) is 22.0 Å². The number of nitrogens with zero attached hydrogens (tertiary/aromatic N) is 1. The van der Waals surface area contributed by atoms with Crippen LogP contribution in [0.1, 0.15) is 47.8 Å². The minimum absolute atomic E-state index is 0.138. The zero-order chi connectivity index (χ0) is 19.7. The Morgan fingerprint density at radius 3 is 2.15 bits per heavy atom. The van der Waals surface area contributed by atoms with Crippen LogP contribution in [0, 0.1) is 6.92 Å². The highest BCUT2D eigenvalue weighted by atomic mass is 32.2. The third-order valence-electron chi connectivity index (χ3n) is 4.39. The number of primary amides is 1. The molecule has 0 heterocycles. The molecule has 0 radical (unpaired) electrons. The largest absolute Gasteiger partial charge is 0.366 e. The van der Waals surface area contributed by atoms with Gasteiger partial charge in [0.15, 0.2) is 0 Å². The summed E-state index contributed by atoms with van der Waals surface area (Å²) in [4.78, 5) is 11.5. The van der Waals surface area contributed by atoms with Crippen LogP contribution in [0.4, 0.5) is 0 Å². The average Bonchev–Trinajstić information content (AvgIpc) is 2.54. The number of carbonyl (C=O) groups is 1. The van der Waals surface area contributed by atoms with Crippen LogP contribution >= 0.6 is 0 Å². The summed E-state index contributed by atoms with van der Waals surface area (Å²) in [6.45, 7) is 8.17. The minimum Gasteiger partial charge on any atom is -0.366 e. The molecule has 0 aliphatic carbocycles. The number of hydrogen-bond donors (Lipinski definition) is 1. The summed E-state index contributed by atoms with van der Waals surface area (Å²) in [6, 6.07) is 12.2. The van der Waals surface area contributed by atoms with Crippen LogP contribution in [0.3, 0.4) is 0 Å². The van der Waals surface area contributed by atoms with Crippen molar-refractivity contribution in [3.8, 4) is 0 Å². The average molecular weight is 375 g/mol. The van der Waals surface area contributed by atoms with Crippen LogP contribution in [0.25, 0.3) is 0 Å². The van der Waals surface area contributed by atoms with Crippen molar-refractivity contribution in [2.24, 2.45) is 5.73 Å². The van der Waals surface area contributed by atoms with Crippen LogP contribution in [0.5, 0.6) is 0 Å². The van der Waals surface area contributed by atoms with Gasteiger partial charge in [0.2, 0.25) is 15.9 Å². The molecule has 0 spiro atoms. The van der Waals surface area contributed by atoms with Gasteiger partial charge in [-0.05, 0) is 47.2 Å². The standard InChI is InChI=1S/C20H26N2O3S/c1-14-6-11-17(20(2,3)4)12-18(14)26(24,25)22(5)13-15-7-9-16(10-8-15)19(21)23/h6-12H,13H2,1-5H3,(H2,21,23). The molecule has 2 aromatic rings. The molecule has 0 bridgehead atoms. The lowest BCUT2D eigenvalue weighted by atomic mass is 9.87. The molecular weight excluding hydrogens is 348 g/mol. The monoisotopic (exact) mass is 374 g/mol. The molecule has 0 aromatic heterocycles. The minimum atomic E-state index is -3.64. The Labute approximate surface area is 155 Å². The second-order valence-electron chi connectivity index (χ2n) is 7.55. The fraction of sp³-hybridized carbons (Fsp3) is 0.350. The first kappa shape index (κ1) is 20.1. The molecule has 0 fully saturated rings. The van der Waals surface area contributed by atoms with Crippen molar-refractivity contribution >= 4 is 15.9 Å². The van der Waals surface area contributed by atoms with Crippen LogP contribution in [0.2, 0.25) is 0 Å². The molecule has 6 heteroatoms. The van der Waals surface area contributed by atoms with Gasteiger partial charge in [0.1, 0.15) is 0 Å². The lowest BCUT2D eigenvalue weighted by Crippen LogP contribution is -2.27. The van der Waals surface area contributed by atoms with E-state index in [1.807, 2.05) is 12.1 Å². The van der Waals surface area contributed by atoms with E-state index in [4.69, 9.17) is 5.73 Å².